The SMILES string of the molecule is CN1C(=O)C(c2ccccc2)(C2CCCC2)N(OC(=O)C(F)(F)F)C1N. The third-order valence-electron chi connectivity index (χ3n) is 5.20. The van der Waals surface area contributed by atoms with Gasteiger partial charge in [-0.2, -0.15) is 13.2 Å². The summed E-state index contributed by atoms with van der Waals surface area (Å²) in [4.78, 5) is 30.6. The molecule has 0 bridgehead atoms. The molecule has 1 aliphatic heterocycles. The van der Waals surface area contributed by atoms with Crippen molar-refractivity contribution in [3.63, 3.8) is 0 Å². The summed E-state index contributed by atoms with van der Waals surface area (Å²) in [6, 6.07) is 8.41. The fourth-order valence-corrected chi connectivity index (χ4v) is 3.99. The number of likely N-dealkylation sites (N-methyl/N-ethyl adjacent to an activating group) is 1. The van der Waals surface area contributed by atoms with E-state index in [2.05, 4.69) is 0 Å². The number of nitrogens with two attached hydrogens (primary N) is 1. The third-order valence-corrected chi connectivity index (χ3v) is 5.20. The van der Waals surface area contributed by atoms with E-state index in [1.54, 1.807) is 30.3 Å². The second kappa shape index (κ2) is 6.55. The molecule has 0 aromatic heterocycles. The van der Waals surface area contributed by atoms with Gasteiger partial charge < -0.3 is 9.74 Å². The highest BCUT2D eigenvalue weighted by Crippen LogP contribution is 2.50. The van der Waals surface area contributed by atoms with Crippen molar-refractivity contribution in [3.8, 4) is 0 Å². The standard InChI is InChI=1S/C17H20F3N3O3/c1-22-13(24)16(12-9-5-6-10-12,11-7-3-2-4-8-11)23(15(22)21)26-14(25)17(18,19)20/h2-4,7-8,12,15H,5-6,9-10,21H2,1H3. The fourth-order valence-electron chi connectivity index (χ4n) is 3.99. The van der Waals surface area contributed by atoms with Crippen LogP contribution < -0.4 is 5.73 Å². The highest BCUT2D eigenvalue weighted by molar-refractivity contribution is 5.90. The van der Waals surface area contributed by atoms with Crippen LogP contribution in [-0.2, 0) is 20.0 Å². The largest absolute Gasteiger partial charge is 0.492 e. The van der Waals surface area contributed by atoms with E-state index in [1.807, 2.05) is 0 Å². The molecule has 2 atom stereocenters. The Balaban J connectivity index is 2.14. The summed E-state index contributed by atoms with van der Waals surface area (Å²) in [5, 5.41) is 0.747. The molecule has 1 saturated carbocycles. The van der Waals surface area contributed by atoms with Gasteiger partial charge in [0.15, 0.2) is 11.8 Å². The van der Waals surface area contributed by atoms with Crippen molar-refractivity contribution in [2.45, 2.75) is 43.7 Å². The number of hydroxylamine groups is 2. The zero-order valence-electron chi connectivity index (χ0n) is 14.2. The lowest BCUT2D eigenvalue weighted by Gasteiger charge is -2.39. The molecule has 2 unspecified atom stereocenters. The Labute approximate surface area is 148 Å². The lowest BCUT2D eigenvalue weighted by Crippen LogP contribution is -2.56. The predicted octanol–water partition coefficient (Wildman–Crippen LogP) is 2.11. The molecule has 1 aromatic carbocycles. The second-order valence-electron chi connectivity index (χ2n) is 6.65. The first-order valence-corrected chi connectivity index (χ1v) is 8.37. The molecule has 142 valence electrons. The summed E-state index contributed by atoms with van der Waals surface area (Å²) in [6.07, 6.45) is -3.57. The molecule has 2 fully saturated rings. The summed E-state index contributed by atoms with van der Waals surface area (Å²) in [5.41, 5.74) is 4.87. The first-order valence-electron chi connectivity index (χ1n) is 8.37. The van der Waals surface area contributed by atoms with Gasteiger partial charge in [0.1, 0.15) is 0 Å². The quantitative estimate of drug-likeness (QED) is 0.881. The van der Waals surface area contributed by atoms with Gasteiger partial charge in [-0.1, -0.05) is 48.2 Å². The number of halogens is 3. The van der Waals surface area contributed by atoms with E-state index in [-0.39, 0.29) is 5.92 Å². The first-order chi connectivity index (χ1) is 12.2. The molecule has 2 aliphatic rings. The molecular weight excluding hydrogens is 351 g/mol. The zero-order chi connectivity index (χ0) is 19.1. The topological polar surface area (TPSA) is 75.9 Å². The van der Waals surface area contributed by atoms with Crippen LogP contribution in [0.2, 0.25) is 0 Å². The molecule has 9 heteroatoms. The van der Waals surface area contributed by atoms with E-state index in [9.17, 15) is 22.8 Å². The van der Waals surface area contributed by atoms with Crippen LogP contribution in [0.4, 0.5) is 13.2 Å². The second-order valence-corrected chi connectivity index (χ2v) is 6.65. The first kappa shape index (κ1) is 18.7. The third kappa shape index (κ3) is 2.75. The van der Waals surface area contributed by atoms with Crippen LogP contribution in [0.1, 0.15) is 31.2 Å². The number of carbonyl (C=O) groups excluding carboxylic acids is 2. The van der Waals surface area contributed by atoms with Gasteiger partial charge in [0.05, 0.1) is 0 Å². The van der Waals surface area contributed by atoms with Crippen LogP contribution in [0.3, 0.4) is 0 Å². The molecule has 1 heterocycles. The summed E-state index contributed by atoms with van der Waals surface area (Å²) < 4.78 is 38.4. The fraction of sp³-hybridized carbons (Fsp3) is 0.529. The molecule has 1 aliphatic carbocycles. The highest BCUT2D eigenvalue weighted by atomic mass is 19.4. The lowest BCUT2D eigenvalue weighted by molar-refractivity contribution is -0.270. The number of nitrogens with zero attached hydrogens (tertiary/aromatic N) is 2. The Bertz CT molecular complexity index is 691. The average molecular weight is 371 g/mol. The van der Waals surface area contributed by atoms with Crippen molar-refractivity contribution >= 4 is 11.9 Å². The Morgan fingerprint density at radius 2 is 1.81 bits per heavy atom. The molecule has 6 nitrogen and oxygen atoms in total. The Morgan fingerprint density at radius 3 is 2.35 bits per heavy atom. The van der Waals surface area contributed by atoms with E-state index >= 15 is 0 Å². The number of benzene rings is 1. The van der Waals surface area contributed by atoms with Crippen LogP contribution in [0.25, 0.3) is 0 Å². The molecule has 1 amide bonds. The minimum atomic E-state index is -5.19. The van der Waals surface area contributed by atoms with Crippen LogP contribution in [0.15, 0.2) is 30.3 Å². The smallest absolute Gasteiger partial charge is 0.356 e. The molecule has 0 radical (unpaired) electrons. The molecule has 1 aromatic rings. The van der Waals surface area contributed by atoms with Gasteiger partial charge in [0.2, 0.25) is 0 Å². The van der Waals surface area contributed by atoms with Crippen LogP contribution in [-0.4, -0.2) is 41.4 Å². The average Bonchev–Trinajstić information content (AvgIpc) is 3.19. The van der Waals surface area contributed by atoms with Crippen molar-refractivity contribution < 1.29 is 27.6 Å². The van der Waals surface area contributed by atoms with Gasteiger partial charge in [-0.25, -0.2) is 4.79 Å². The molecule has 2 N–H and O–H groups in total. The predicted molar refractivity (Wildman–Crippen MR) is 84.8 cm³/mol. The molecular formula is C17H20F3N3O3. The van der Waals surface area contributed by atoms with Gasteiger partial charge in [-0.05, 0) is 24.3 Å². The van der Waals surface area contributed by atoms with Crippen molar-refractivity contribution in [3.05, 3.63) is 35.9 Å². The van der Waals surface area contributed by atoms with Crippen molar-refractivity contribution in [2.24, 2.45) is 11.7 Å². The minimum absolute atomic E-state index is 0.311. The number of hydrogen-bond acceptors (Lipinski definition) is 5. The maximum Gasteiger partial charge on any atom is 0.492 e. The van der Waals surface area contributed by atoms with E-state index in [0.717, 1.165) is 22.8 Å². The van der Waals surface area contributed by atoms with E-state index in [0.29, 0.717) is 18.4 Å². The van der Waals surface area contributed by atoms with Crippen molar-refractivity contribution in [1.82, 2.24) is 9.96 Å². The maximum atomic E-state index is 13.2. The summed E-state index contributed by atoms with van der Waals surface area (Å²) >= 11 is 0. The van der Waals surface area contributed by atoms with Crippen LogP contribution in [0, 0.1) is 5.92 Å². The van der Waals surface area contributed by atoms with E-state index in [4.69, 9.17) is 10.6 Å². The molecule has 3 rings (SSSR count). The van der Waals surface area contributed by atoms with Gasteiger partial charge in [-0.3, -0.25) is 10.5 Å². The lowest BCUT2D eigenvalue weighted by atomic mass is 9.76. The maximum absolute atomic E-state index is 13.2. The number of amides is 1. The minimum Gasteiger partial charge on any atom is -0.356 e. The molecule has 1 saturated heterocycles. The normalized spacial score (nSPS) is 28.0. The Morgan fingerprint density at radius 1 is 1.23 bits per heavy atom. The number of rotatable bonds is 3. The zero-order valence-corrected chi connectivity index (χ0v) is 14.2. The van der Waals surface area contributed by atoms with Crippen LogP contribution in [0.5, 0.6) is 0 Å². The van der Waals surface area contributed by atoms with Gasteiger partial charge in [0, 0.05) is 7.05 Å². The van der Waals surface area contributed by atoms with E-state index < -0.39 is 29.9 Å². The Hall–Kier alpha value is -2.13. The van der Waals surface area contributed by atoms with Crippen molar-refractivity contribution in [1.29, 1.82) is 0 Å². The molecule has 26 heavy (non-hydrogen) atoms. The molecule has 0 spiro atoms. The summed E-state index contributed by atoms with van der Waals surface area (Å²) in [7, 11) is 1.39. The number of carbonyl (C=O) groups is 2. The summed E-state index contributed by atoms with van der Waals surface area (Å²) in [5.74, 6) is -3.18. The summed E-state index contributed by atoms with van der Waals surface area (Å²) in [6.45, 7) is 0. The van der Waals surface area contributed by atoms with Gasteiger partial charge in [0.25, 0.3) is 5.91 Å². The van der Waals surface area contributed by atoms with Gasteiger partial charge >= 0.3 is 12.1 Å². The number of alkyl halides is 3. The van der Waals surface area contributed by atoms with Crippen LogP contribution >= 0.6 is 0 Å². The monoisotopic (exact) mass is 371 g/mol. The number of hydrogen-bond donors (Lipinski definition) is 1. The van der Waals surface area contributed by atoms with Gasteiger partial charge in [-0.15, -0.1) is 0 Å². The van der Waals surface area contributed by atoms with Crippen molar-refractivity contribution in [2.75, 3.05) is 7.05 Å². The Kier molecular flexibility index (Phi) is 4.70. The van der Waals surface area contributed by atoms with E-state index in [1.165, 1.54) is 7.05 Å². The highest BCUT2D eigenvalue weighted by Gasteiger charge is 2.64.